The summed E-state index contributed by atoms with van der Waals surface area (Å²) in [6.07, 6.45) is 0.540. The van der Waals surface area contributed by atoms with Crippen LogP contribution in [0.25, 0.3) is 0 Å². The van der Waals surface area contributed by atoms with Gasteiger partial charge in [-0.05, 0) is 65.1 Å². The van der Waals surface area contributed by atoms with E-state index in [9.17, 15) is 4.79 Å². The number of ether oxygens (including phenoxy) is 1. The van der Waals surface area contributed by atoms with Gasteiger partial charge in [0.05, 0.1) is 11.0 Å². The van der Waals surface area contributed by atoms with Crippen molar-refractivity contribution >= 4 is 38.0 Å². The van der Waals surface area contributed by atoms with Crippen molar-refractivity contribution < 1.29 is 13.9 Å². The molecule has 20 heavy (non-hydrogen) atoms. The van der Waals surface area contributed by atoms with Crippen molar-refractivity contribution in [2.75, 3.05) is 0 Å². The van der Waals surface area contributed by atoms with Gasteiger partial charge in [-0.2, -0.15) is 0 Å². The molecule has 0 spiro atoms. The topological polar surface area (TPSA) is 63.5 Å². The van der Waals surface area contributed by atoms with E-state index < -0.39 is 5.60 Å². The Morgan fingerprint density at radius 3 is 2.70 bits per heavy atom. The van der Waals surface area contributed by atoms with E-state index >= 15 is 0 Å². The van der Waals surface area contributed by atoms with E-state index in [0.29, 0.717) is 11.2 Å². The zero-order chi connectivity index (χ0) is 14.9. The Bertz CT molecular complexity index is 477. The van der Waals surface area contributed by atoms with Crippen LogP contribution in [0.4, 0.5) is 4.79 Å². The molecule has 1 heterocycles. The second-order valence-corrected chi connectivity index (χ2v) is 7.38. The zero-order valence-corrected chi connectivity index (χ0v) is 14.8. The van der Waals surface area contributed by atoms with Crippen LogP contribution in [0.2, 0.25) is 0 Å². The Kier molecular flexibility index (Phi) is 4.81. The van der Waals surface area contributed by atoms with Crippen LogP contribution in [0, 0.1) is 0 Å². The van der Waals surface area contributed by atoms with Crippen molar-refractivity contribution in [1.29, 1.82) is 0 Å². The van der Waals surface area contributed by atoms with Gasteiger partial charge >= 0.3 is 6.09 Å². The third-order valence-electron chi connectivity index (χ3n) is 2.73. The molecule has 0 aliphatic heterocycles. The van der Waals surface area contributed by atoms with Crippen LogP contribution in [0.1, 0.15) is 33.0 Å². The lowest BCUT2D eigenvalue weighted by molar-refractivity contribution is 0.0522. The highest BCUT2D eigenvalue weighted by Gasteiger charge is 2.39. The summed E-state index contributed by atoms with van der Waals surface area (Å²) in [7, 11) is 0. The first-order valence-corrected chi connectivity index (χ1v) is 8.00. The molecule has 0 aromatic carbocycles. The van der Waals surface area contributed by atoms with E-state index in [1.54, 1.807) is 0 Å². The quantitative estimate of drug-likeness (QED) is 0.797. The summed E-state index contributed by atoms with van der Waals surface area (Å²) in [6.45, 7) is 6.17. The highest BCUT2D eigenvalue weighted by molar-refractivity contribution is 9.13. The Morgan fingerprint density at radius 1 is 1.45 bits per heavy atom. The first kappa shape index (κ1) is 15.9. The summed E-state index contributed by atoms with van der Waals surface area (Å²) in [5, 5.41) is 6.17. The molecule has 2 rings (SSSR count). The molecule has 1 aliphatic rings. The van der Waals surface area contributed by atoms with Gasteiger partial charge in [0.25, 0.3) is 0 Å². The maximum absolute atomic E-state index is 11.6. The second-order valence-electron chi connectivity index (χ2n) is 5.81. The van der Waals surface area contributed by atoms with Gasteiger partial charge in [-0.3, -0.25) is 0 Å². The first-order chi connectivity index (χ1) is 9.24. The molecular weight excluding hydrogens is 392 g/mol. The van der Waals surface area contributed by atoms with Crippen LogP contribution in [0.15, 0.2) is 19.6 Å². The highest BCUT2D eigenvalue weighted by atomic mass is 79.9. The molecular formula is C13H18Br2N2O3. The van der Waals surface area contributed by atoms with Crippen molar-refractivity contribution in [3.05, 3.63) is 21.0 Å². The summed E-state index contributed by atoms with van der Waals surface area (Å²) in [5.74, 6) is 0.840. The monoisotopic (exact) mass is 408 g/mol. The van der Waals surface area contributed by atoms with E-state index in [1.165, 1.54) is 0 Å². The van der Waals surface area contributed by atoms with E-state index in [0.717, 1.165) is 16.7 Å². The molecule has 2 unspecified atom stereocenters. The average molecular weight is 410 g/mol. The van der Waals surface area contributed by atoms with Gasteiger partial charge in [-0.1, -0.05) is 0 Å². The predicted octanol–water partition coefficient (Wildman–Crippen LogP) is 3.56. The van der Waals surface area contributed by atoms with Crippen LogP contribution < -0.4 is 10.6 Å². The van der Waals surface area contributed by atoms with Gasteiger partial charge < -0.3 is 19.8 Å². The standard InChI is InChI=1S/C13H18Br2N2O3/c1-13(2,3)20-12(18)17-10-5-9(10)16-6-7-4-8(14)11(15)19-7/h4,9-10,16H,5-6H2,1-3H3,(H,17,18). The molecule has 1 aliphatic carbocycles. The lowest BCUT2D eigenvalue weighted by Crippen LogP contribution is -2.36. The smallest absolute Gasteiger partial charge is 0.407 e. The SMILES string of the molecule is CC(C)(C)OC(=O)NC1CC1NCc1cc(Br)c(Br)o1. The molecule has 7 heteroatoms. The minimum absolute atomic E-state index is 0.131. The minimum Gasteiger partial charge on any atom is -0.452 e. The van der Waals surface area contributed by atoms with Gasteiger partial charge in [-0.25, -0.2) is 4.79 Å². The molecule has 1 amide bonds. The van der Waals surface area contributed by atoms with Gasteiger partial charge in [0.1, 0.15) is 11.4 Å². The predicted molar refractivity (Wildman–Crippen MR) is 82.5 cm³/mol. The van der Waals surface area contributed by atoms with Crippen molar-refractivity contribution in [3.8, 4) is 0 Å². The van der Waals surface area contributed by atoms with Crippen LogP contribution >= 0.6 is 31.9 Å². The summed E-state index contributed by atoms with van der Waals surface area (Å²) >= 11 is 6.67. The summed E-state index contributed by atoms with van der Waals surface area (Å²) in [4.78, 5) is 11.6. The number of carbonyl (C=O) groups is 1. The number of carbonyl (C=O) groups excluding carboxylic acids is 1. The lowest BCUT2D eigenvalue weighted by Gasteiger charge is -2.19. The van der Waals surface area contributed by atoms with Gasteiger partial charge in [0.2, 0.25) is 0 Å². The Labute approximate surface area is 135 Å². The third-order valence-corrected chi connectivity index (χ3v) is 4.44. The van der Waals surface area contributed by atoms with Gasteiger partial charge in [-0.15, -0.1) is 0 Å². The number of alkyl carbamates (subject to hydrolysis) is 1. The van der Waals surface area contributed by atoms with Crippen LogP contribution in [-0.2, 0) is 11.3 Å². The maximum Gasteiger partial charge on any atom is 0.407 e. The molecule has 0 radical (unpaired) electrons. The first-order valence-electron chi connectivity index (χ1n) is 6.41. The van der Waals surface area contributed by atoms with E-state index in [-0.39, 0.29) is 18.2 Å². The van der Waals surface area contributed by atoms with Crippen LogP contribution in [-0.4, -0.2) is 23.8 Å². The number of amides is 1. The molecule has 5 nitrogen and oxygen atoms in total. The van der Waals surface area contributed by atoms with Crippen LogP contribution in [0.3, 0.4) is 0 Å². The molecule has 1 aromatic heterocycles. The van der Waals surface area contributed by atoms with E-state index in [4.69, 9.17) is 9.15 Å². The van der Waals surface area contributed by atoms with E-state index in [1.807, 2.05) is 26.8 Å². The van der Waals surface area contributed by atoms with E-state index in [2.05, 4.69) is 42.5 Å². The molecule has 112 valence electrons. The summed E-state index contributed by atoms with van der Waals surface area (Å²) in [6, 6.07) is 2.31. The van der Waals surface area contributed by atoms with Crippen molar-refractivity contribution in [3.63, 3.8) is 0 Å². The van der Waals surface area contributed by atoms with Gasteiger partial charge in [0.15, 0.2) is 4.67 Å². The second kappa shape index (κ2) is 6.07. The number of nitrogens with one attached hydrogen (secondary N) is 2. The fourth-order valence-electron chi connectivity index (χ4n) is 1.75. The molecule has 2 N–H and O–H groups in total. The minimum atomic E-state index is -0.464. The zero-order valence-electron chi connectivity index (χ0n) is 11.6. The fraction of sp³-hybridized carbons (Fsp3) is 0.615. The van der Waals surface area contributed by atoms with Crippen molar-refractivity contribution in [2.45, 2.75) is 51.4 Å². The lowest BCUT2D eigenvalue weighted by atomic mass is 10.2. The molecule has 1 aromatic rings. The largest absolute Gasteiger partial charge is 0.452 e. The molecule has 1 fully saturated rings. The number of hydrogen-bond donors (Lipinski definition) is 2. The molecule has 0 bridgehead atoms. The number of furan rings is 1. The fourth-order valence-corrected chi connectivity index (χ4v) is 2.41. The summed E-state index contributed by atoms with van der Waals surface area (Å²) in [5.41, 5.74) is -0.464. The number of rotatable bonds is 4. The Balaban J connectivity index is 1.69. The van der Waals surface area contributed by atoms with Crippen LogP contribution in [0.5, 0.6) is 0 Å². The highest BCUT2D eigenvalue weighted by Crippen LogP contribution is 2.28. The number of hydrogen-bond acceptors (Lipinski definition) is 4. The average Bonchev–Trinajstić information content (AvgIpc) is 2.92. The number of halogens is 2. The normalized spacial score (nSPS) is 21.6. The Morgan fingerprint density at radius 2 is 2.15 bits per heavy atom. The Hall–Kier alpha value is -0.530. The van der Waals surface area contributed by atoms with Crippen molar-refractivity contribution in [1.82, 2.24) is 10.6 Å². The molecule has 0 saturated heterocycles. The summed E-state index contributed by atoms with van der Waals surface area (Å²) < 4.78 is 12.3. The molecule has 2 atom stereocenters. The molecule has 1 saturated carbocycles. The maximum atomic E-state index is 11.6. The van der Waals surface area contributed by atoms with Gasteiger partial charge in [0, 0.05) is 12.1 Å². The third kappa shape index (κ3) is 4.79. The van der Waals surface area contributed by atoms with Crippen molar-refractivity contribution in [2.24, 2.45) is 0 Å².